The summed E-state index contributed by atoms with van der Waals surface area (Å²) in [5, 5.41) is 11.5. The minimum Gasteiger partial charge on any atom is -0.503 e. The summed E-state index contributed by atoms with van der Waals surface area (Å²) in [5.41, 5.74) is 1.78. The summed E-state index contributed by atoms with van der Waals surface area (Å²) < 4.78 is 6.59. The summed E-state index contributed by atoms with van der Waals surface area (Å²) in [5.74, 6) is -1.73. The van der Waals surface area contributed by atoms with Crippen LogP contribution in [0.5, 0.6) is 0 Å². The van der Waals surface area contributed by atoms with Crippen molar-refractivity contribution < 1.29 is 19.1 Å². The minimum atomic E-state index is -0.806. The maximum absolute atomic E-state index is 13.5. The Balaban J connectivity index is 1.59. The van der Waals surface area contributed by atoms with Gasteiger partial charge in [0.1, 0.15) is 5.58 Å². The number of aliphatic hydroxyl groups excluding tert-OH is 1. The third kappa shape index (κ3) is 3.48. The van der Waals surface area contributed by atoms with Crippen LogP contribution in [0.15, 0.2) is 93.4 Å². The Morgan fingerprint density at radius 1 is 1.09 bits per heavy atom. The Bertz CT molecular complexity index is 1370. The monoisotopic (exact) mass is 489 g/mol. The van der Waals surface area contributed by atoms with Crippen LogP contribution >= 0.6 is 15.9 Å². The molecule has 3 aromatic heterocycles. The summed E-state index contributed by atoms with van der Waals surface area (Å²) in [6, 6.07) is 15.0. The lowest BCUT2D eigenvalue weighted by atomic mass is 9.95. The number of halogens is 1. The van der Waals surface area contributed by atoms with Crippen LogP contribution in [0.3, 0.4) is 0 Å². The highest BCUT2D eigenvalue weighted by molar-refractivity contribution is 9.10. The SMILES string of the molecule is O=C(C1=C(O)C(=O)N(Cc2ccccn2)C1c1ccncc1)c1cc2cc(Br)ccc2o1. The molecule has 0 spiro atoms. The predicted molar refractivity (Wildman–Crippen MR) is 120 cm³/mol. The van der Waals surface area contributed by atoms with E-state index >= 15 is 0 Å². The van der Waals surface area contributed by atoms with Crippen LogP contribution < -0.4 is 0 Å². The van der Waals surface area contributed by atoms with Gasteiger partial charge in [-0.25, -0.2) is 0 Å². The fraction of sp³-hybridized carbons (Fsp3) is 0.0833. The van der Waals surface area contributed by atoms with E-state index in [0.29, 0.717) is 16.8 Å². The van der Waals surface area contributed by atoms with Crippen molar-refractivity contribution in [2.75, 3.05) is 0 Å². The normalized spacial score (nSPS) is 16.2. The lowest BCUT2D eigenvalue weighted by Gasteiger charge is -2.26. The van der Waals surface area contributed by atoms with Crippen LogP contribution in [0, 0.1) is 0 Å². The van der Waals surface area contributed by atoms with Crippen molar-refractivity contribution >= 4 is 38.6 Å². The van der Waals surface area contributed by atoms with Crippen LogP contribution in [0.1, 0.15) is 27.9 Å². The van der Waals surface area contributed by atoms with Crippen LogP contribution in [0.25, 0.3) is 11.0 Å². The number of Topliss-reactive ketones (excluding diaryl/α,β-unsaturated/α-hetero) is 1. The van der Waals surface area contributed by atoms with Gasteiger partial charge in [0.05, 0.1) is 23.9 Å². The third-order valence-electron chi connectivity index (χ3n) is 5.33. The highest BCUT2D eigenvalue weighted by Gasteiger charge is 2.44. The average Bonchev–Trinajstić information content (AvgIpc) is 3.34. The molecule has 1 unspecified atom stereocenters. The van der Waals surface area contributed by atoms with E-state index in [9.17, 15) is 14.7 Å². The Labute approximate surface area is 191 Å². The van der Waals surface area contributed by atoms with Crippen molar-refractivity contribution in [3.05, 3.63) is 106 Å². The molecule has 1 aromatic carbocycles. The Morgan fingerprint density at radius 3 is 2.66 bits per heavy atom. The van der Waals surface area contributed by atoms with Gasteiger partial charge in [0, 0.05) is 28.4 Å². The van der Waals surface area contributed by atoms with Crippen LogP contribution in [0.4, 0.5) is 0 Å². The molecule has 0 saturated heterocycles. The van der Waals surface area contributed by atoms with Crippen molar-refractivity contribution in [3.8, 4) is 0 Å². The number of aromatic nitrogens is 2. The van der Waals surface area contributed by atoms with Gasteiger partial charge in [-0.2, -0.15) is 0 Å². The highest BCUT2D eigenvalue weighted by Crippen LogP contribution is 2.40. The van der Waals surface area contributed by atoms with Crippen molar-refractivity contribution in [1.82, 2.24) is 14.9 Å². The first-order chi connectivity index (χ1) is 15.5. The van der Waals surface area contributed by atoms with Gasteiger partial charge in [-0.1, -0.05) is 22.0 Å². The summed E-state index contributed by atoms with van der Waals surface area (Å²) in [6.45, 7) is 0.126. The smallest absolute Gasteiger partial charge is 0.290 e. The lowest BCUT2D eigenvalue weighted by Crippen LogP contribution is -2.31. The van der Waals surface area contributed by atoms with Crippen LogP contribution in [-0.4, -0.2) is 31.7 Å². The highest BCUT2D eigenvalue weighted by atomic mass is 79.9. The topological polar surface area (TPSA) is 96.5 Å². The van der Waals surface area contributed by atoms with E-state index < -0.39 is 23.5 Å². The Morgan fingerprint density at radius 2 is 1.91 bits per heavy atom. The van der Waals surface area contributed by atoms with Crippen LogP contribution in [0.2, 0.25) is 0 Å². The van der Waals surface area contributed by atoms with E-state index in [4.69, 9.17) is 4.42 Å². The number of ketones is 1. The number of furan rings is 1. The molecule has 1 aliphatic heterocycles. The first kappa shape index (κ1) is 20.1. The molecule has 1 atom stereocenters. The number of carbonyl (C=O) groups is 2. The molecule has 1 N–H and O–H groups in total. The van der Waals surface area contributed by atoms with E-state index in [-0.39, 0.29) is 17.9 Å². The van der Waals surface area contributed by atoms with Gasteiger partial charge < -0.3 is 14.4 Å². The Kier molecular flexibility index (Phi) is 5.07. The fourth-order valence-corrected chi connectivity index (χ4v) is 4.24. The first-order valence-electron chi connectivity index (χ1n) is 9.80. The predicted octanol–water partition coefficient (Wildman–Crippen LogP) is 4.76. The number of nitrogens with zero attached hydrogens (tertiary/aromatic N) is 3. The van der Waals surface area contributed by atoms with E-state index in [1.54, 1.807) is 55.0 Å². The van der Waals surface area contributed by atoms with Crippen LogP contribution in [-0.2, 0) is 11.3 Å². The molecule has 4 aromatic rings. The molecule has 32 heavy (non-hydrogen) atoms. The largest absolute Gasteiger partial charge is 0.503 e. The number of rotatable bonds is 5. The van der Waals surface area contributed by atoms with Gasteiger partial charge in [-0.05, 0) is 54.1 Å². The maximum atomic E-state index is 13.5. The number of fused-ring (bicyclic) bond motifs is 1. The number of hydrogen-bond acceptors (Lipinski definition) is 6. The quantitative estimate of drug-likeness (QED) is 0.405. The summed E-state index contributed by atoms with van der Waals surface area (Å²) in [4.78, 5) is 36.3. The summed E-state index contributed by atoms with van der Waals surface area (Å²) in [6.07, 6.45) is 4.78. The fourth-order valence-electron chi connectivity index (χ4n) is 3.87. The van der Waals surface area contributed by atoms with Crippen molar-refractivity contribution in [2.24, 2.45) is 0 Å². The number of aliphatic hydroxyl groups is 1. The van der Waals surface area contributed by atoms with E-state index in [1.807, 2.05) is 18.2 Å². The number of benzene rings is 1. The molecule has 4 heterocycles. The molecule has 1 amide bonds. The number of hydrogen-bond donors (Lipinski definition) is 1. The van der Waals surface area contributed by atoms with Gasteiger partial charge in [0.15, 0.2) is 11.5 Å². The molecule has 1 aliphatic rings. The van der Waals surface area contributed by atoms with Crippen molar-refractivity contribution in [1.29, 1.82) is 0 Å². The van der Waals surface area contributed by atoms with Crippen molar-refractivity contribution in [2.45, 2.75) is 12.6 Å². The number of carbonyl (C=O) groups excluding carboxylic acids is 2. The molecule has 0 aliphatic carbocycles. The second-order valence-electron chi connectivity index (χ2n) is 7.32. The van der Waals surface area contributed by atoms with E-state index in [2.05, 4.69) is 25.9 Å². The second kappa shape index (κ2) is 8.05. The molecule has 0 radical (unpaired) electrons. The molecule has 0 fully saturated rings. The molecule has 7 nitrogen and oxygen atoms in total. The van der Waals surface area contributed by atoms with Gasteiger partial charge in [0.25, 0.3) is 5.91 Å². The Hall–Kier alpha value is -3.78. The second-order valence-corrected chi connectivity index (χ2v) is 8.24. The van der Waals surface area contributed by atoms with Gasteiger partial charge >= 0.3 is 0 Å². The van der Waals surface area contributed by atoms with Gasteiger partial charge in [0.2, 0.25) is 5.78 Å². The molecule has 0 saturated carbocycles. The van der Waals surface area contributed by atoms with Gasteiger partial charge in [-0.15, -0.1) is 0 Å². The van der Waals surface area contributed by atoms with E-state index in [0.717, 1.165) is 9.86 Å². The number of amides is 1. The third-order valence-corrected chi connectivity index (χ3v) is 5.82. The van der Waals surface area contributed by atoms with Gasteiger partial charge in [-0.3, -0.25) is 19.6 Å². The summed E-state index contributed by atoms with van der Waals surface area (Å²) in [7, 11) is 0. The molecule has 8 heteroatoms. The molecule has 158 valence electrons. The number of pyridine rings is 2. The first-order valence-corrected chi connectivity index (χ1v) is 10.6. The zero-order valence-corrected chi connectivity index (χ0v) is 18.2. The minimum absolute atomic E-state index is 0.0322. The van der Waals surface area contributed by atoms with E-state index in [1.165, 1.54) is 4.90 Å². The average molecular weight is 490 g/mol. The molecular weight excluding hydrogens is 474 g/mol. The van der Waals surface area contributed by atoms with Crippen molar-refractivity contribution in [3.63, 3.8) is 0 Å². The molecular formula is C24H16BrN3O4. The maximum Gasteiger partial charge on any atom is 0.290 e. The zero-order valence-electron chi connectivity index (χ0n) is 16.6. The lowest BCUT2D eigenvalue weighted by molar-refractivity contribution is -0.130. The molecule has 5 rings (SSSR count). The zero-order chi connectivity index (χ0) is 22.2. The standard InChI is InChI=1S/C24H16BrN3O4/c25-16-4-5-18-15(11-16)12-19(32-18)22(29)20-21(14-6-9-26-10-7-14)28(24(31)23(20)30)13-17-3-1-2-8-27-17/h1-12,21,30H,13H2. The summed E-state index contributed by atoms with van der Waals surface area (Å²) >= 11 is 3.40. The molecule has 0 bridgehead atoms.